The van der Waals surface area contributed by atoms with Crippen molar-refractivity contribution in [1.82, 2.24) is 24.8 Å². The predicted octanol–water partition coefficient (Wildman–Crippen LogP) is 1.74. The first-order valence-electron chi connectivity index (χ1n) is 38.3. The van der Waals surface area contributed by atoms with Crippen LogP contribution in [-0.2, 0) is 118 Å². The van der Waals surface area contributed by atoms with E-state index in [1.165, 1.54) is 9.69 Å². The summed E-state index contributed by atoms with van der Waals surface area (Å²) in [5.74, 6) is 1.03. The number of aromatic nitrogens is 4. The molecule has 0 bridgehead atoms. The van der Waals surface area contributed by atoms with E-state index in [1.54, 1.807) is 12.4 Å². The molecule has 1 aromatic carbocycles. The number of hydrazine groups is 1. The predicted molar refractivity (Wildman–Crippen MR) is 398 cm³/mol. The number of hydrogen-bond acceptors (Lipinski definition) is 35. The van der Waals surface area contributed by atoms with Gasteiger partial charge >= 0.3 is 13.6 Å². The number of fused-ring (bicyclic) bond motifs is 1. The maximum Gasteiger partial charge on any atom is 0.350 e. The maximum absolute atomic E-state index is 13.6. The molecular formula is C71H119ClF3N8O30P. The lowest BCUT2D eigenvalue weighted by molar-refractivity contribution is -0.136. The Morgan fingerprint density at radius 3 is 1.33 bits per heavy atom. The van der Waals surface area contributed by atoms with Crippen LogP contribution >= 0.6 is 19.2 Å². The summed E-state index contributed by atoms with van der Waals surface area (Å²) in [4.78, 5) is 40.9. The Kier molecular flexibility index (Phi) is 52.6. The third-order valence-corrected chi connectivity index (χ3v) is 17.6. The Bertz CT molecular complexity index is 3030. The average molecular weight is 1690 g/mol. The first kappa shape index (κ1) is 98.4. The minimum atomic E-state index is -4.43. The summed E-state index contributed by atoms with van der Waals surface area (Å²) in [5, 5.41) is 27.8. The van der Waals surface area contributed by atoms with Crippen LogP contribution in [0.1, 0.15) is 38.3 Å². The molecule has 1 spiro atoms. The van der Waals surface area contributed by atoms with Crippen molar-refractivity contribution in [2.75, 3.05) is 308 Å². The molecule has 3 aromatic rings. The Morgan fingerprint density at radius 1 is 0.553 bits per heavy atom. The number of ether oxygens (including phenoxy) is 24. The van der Waals surface area contributed by atoms with Gasteiger partial charge in [-0.1, -0.05) is 0 Å². The number of rotatable bonds is 74. The SMILES string of the molecule is N/C(=C\N(N)CCOCCOCCOCCOCCOCCOCCOCCOCCOCCOCCOCCOCCOCCOCCOCCOCCC(=O)Oc1c(F)cc(F)cc1F)COCCOCCOCCOCCOC1CCC2(CC1)CN(c1nc(Cl)nc3c1cnn3[C@@H]1O[C@H](COCP(=O)(O)O)[C@@H](O)[C@H]1O)C2. The number of carbonyl (C=O) groups is 1. The number of carbonyl (C=O) groups excluding carboxylic acids is 1. The van der Waals surface area contributed by atoms with Crippen molar-refractivity contribution < 1.29 is 156 Å². The summed E-state index contributed by atoms with van der Waals surface area (Å²) in [7, 11) is -4.43. The van der Waals surface area contributed by atoms with Crippen molar-refractivity contribution in [2.24, 2.45) is 17.0 Å². The molecular weight excluding hydrogens is 1570 g/mol. The van der Waals surface area contributed by atoms with E-state index in [9.17, 15) is 32.7 Å². The highest BCUT2D eigenvalue weighted by atomic mass is 35.5. The maximum atomic E-state index is 13.6. The molecule has 8 N–H and O–H groups in total. The Labute approximate surface area is 667 Å². The molecule has 1 saturated carbocycles. The van der Waals surface area contributed by atoms with Gasteiger partial charge < -0.3 is 149 Å². The van der Waals surface area contributed by atoms with Gasteiger partial charge in [0.1, 0.15) is 36.3 Å². The fourth-order valence-electron chi connectivity index (χ4n) is 11.2. The lowest BCUT2D eigenvalue weighted by Crippen LogP contribution is -2.58. The normalized spacial score (nSPS) is 17.3. The van der Waals surface area contributed by atoms with Gasteiger partial charge in [0, 0.05) is 36.8 Å². The molecule has 656 valence electrons. The third kappa shape index (κ3) is 43.5. The highest BCUT2D eigenvalue weighted by molar-refractivity contribution is 7.51. The molecule has 6 rings (SSSR count). The monoisotopic (exact) mass is 1690 g/mol. The molecule has 3 aliphatic rings. The lowest BCUT2D eigenvalue weighted by Gasteiger charge is -2.54. The highest BCUT2D eigenvalue weighted by Gasteiger charge is 2.48. The number of esters is 1. The van der Waals surface area contributed by atoms with Gasteiger partial charge in [-0.2, -0.15) is 15.1 Å². The van der Waals surface area contributed by atoms with Gasteiger partial charge in [-0.25, -0.2) is 23.7 Å². The summed E-state index contributed by atoms with van der Waals surface area (Å²) < 4.78 is 185. The van der Waals surface area contributed by atoms with Crippen LogP contribution in [0.3, 0.4) is 0 Å². The molecule has 114 heavy (non-hydrogen) atoms. The molecule has 4 heterocycles. The average Bonchev–Trinajstić information content (AvgIpc) is 1.48. The minimum Gasteiger partial charge on any atom is -0.420 e. The van der Waals surface area contributed by atoms with E-state index in [0.717, 1.165) is 38.8 Å². The second kappa shape index (κ2) is 60.9. The van der Waals surface area contributed by atoms with Gasteiger partial charge in [0.15, 0.2) is 23.5 Å². The molecule has 0 radical (unpaired) electrons. The van der Waals surface area contributed by atoms with Crippen LogP contribution in [0.15, 0.2) is 30.2 Å². The molecule has 0 amide bonds. The molecule has 43 heteroatoms. The number of hydrogen-bond donors (Lipinski definition) is 6. The largest absolute Gasteiger partial charge is 0.420 e. The molecule has 1 aliphatic carbocycles. The van der Waals surface area contributed by atoms with E-state index in [2.05, 4.69) is 24.7 Å². The summed E-state index contributed by atoms with van der Waals surface area (Å²) in [6, 6.07) is 0.842. The first-order chi connectivity index (χ1) is 55.5. The number of aliphatic hydroxyl groups is 2. The van der Waals surface area contributed by atoms with Crippen LogP contribution in [0.4, 0.5) is 19.0 Å². The van der Waals surface area contributed by atoms with Crippen molar-refractivity contribution in [3.63, 3.8) is 0 Å². The fraction of sp³-hybridized carbons (Fsp3) is 0.803. The number of aliphatic hydroxyl groups excluding tert-OH is 2. The van der Waals surface area contributed by atoms with Gasteiger partial charge in [0.2, 0.25) is 11.0 Å². The fourth-order valence-corrected chi connectivity index (χ4v) is 11.7. The number of nitrogens with zero attached hydrogens (tertiary/aromatic N) is 6. The van der Waals surface area contributed by atoms with E-state index < -0.39 is 67.7 Å². The first-order valence-corrected chi connectivity index (χ1v) is 40.5. The zero-order chi connectivity index (χ0) is 81.4. The summed E-state index contributed by atoms with van der Waals surface area (Å²) in [6.07, 6.45) is 0.977. The zero-order valence-corrected chi connectivity index (χ0v) is 66.6. The number of halogens is 4. The second-order valence-corrected chi connectivity index (χ2v) is 27.8. The zero-order valence-electron chi connectivity index (χ0n) is 65.0. The van der Waals surface area contributed by atoms with Crippen LogP contribution in [0.2, 0.25) is 5.28 Å². The van der Waals surface area contributed by atoms with E-state index >= 15 is 0 Å². The van der Waals surface area contributed by atoms with Crippen molar-refractivity contribution in [3.8, 4) is 5.75 Å². The molecule has 2 saturated heterocycles. The van der Waals surface area contributed by atoms with Crippen molar-refractivity contribution in [3.05, 3.63) is 53.0 Å². The number of benzene rings is 1. The molecule has 0 unspecified atom stereocenters. The molecule has 2 aromatic heterocycles. The lowest BCUT2D eigenvalue weighted by atomic mass is 9.68. The second-order valence-electron chi connectivity index (χ2n) is 25.8. The van der Waals surface area contributed by atoms with E-state index in [0.29, 0.717) is 286 Å². The molecule has 4 atom stereocenters. The van der Waals surface area contributed by atoms with Crippen LogP contribution in [0.5, 0.6) is 5.75 Å². The molecule has 2 aliphatic heterocycles. The summed E-state index contributed by atoms with van der Waals surface area (Å²) in [5.41, 5.74) is 6.94. The van der Waals surface area contributed by atoms with E-state index in [4.69, 9.17) is 142 Å². The van der Waals surface area contributed by atoms with Crippen LogP contribution < -0.4 is 21.2 Å². The quantitative estimate of drug-likeness (QED) is 0.00891. The van der Waals surface area contributed by atoms with Gasteiger partial charge in [0.25, 0.3) is 0 Å². The van der Waals surface area contributed by atoms with Crippen LogP contribution in [-0.4, -0.2) is 379 Å². The van der Waals surface area contributed by atoms with Crippen LogP contribution in [0.25, 0.3) is 11.0 Å². The topological polar surface area (TPSA) is 439 Å². The summed E-state index contributed by atoms with van der Waals surface area (Å²) in [6.45, 7) is 17.9. The minimum absolute atomic E-state index is 0.0200. The van der Waals surface area contributed by atoms with Crippen molar-refractivity contribution >= 4 is 42.0 Å². The van der Waals surface area contributed by atoms with E-state index in [-0.39, 0.29) is 56.3 Å². The Balaban J connectivity index is 0.565. The van der Waals surface area contributed by atoms with Gasteiger partial charge in [0.05, 0.1) is 314 Å². The van der Waals surface area contributed by atoms with Crippen LogP contribution in [0, 0.1) is 22.9 Å². The van der Waals surface area contributed by atoms with Gasteiger partial charge in [-0.15, -0.1) is 0 Å². The third-order valence-electron chi connectivity index (χ3n) is 16.9. The Hall–Kier alpha value is -4.43. The van der Waals surface area contributed by atoms with E-state index in [1.807, 2.05) is 0 Å². The standard InChI is InChI=1S/C71H119ClF3N8O30P/c72-70-79-67(59-49-78-83(68(59)80-70)69-65(86)64(85)62(112-69)52-110-55-114(87,88)89)81-53-71(54-81)4-1-58(2-5-71)111-46-45-108-42-41-106-39-40-107-43-44-109-51-57(76)50-82(77)6-8-91-10-12-93-14-16-95-18-20-97-22-24-99-26-28-101-30-32-103-34-36-105-38-37-104-35-33-102-31-29-100-27-25-98-23-21-96-19-17-94-15-13-92-11-9-90-7-3-63(84)113-66-60(74)47-56(73)48-61(66)75/h47-50,58,62,64-65,69,85-86H,1-46,51-55,76-77H2,(H2,87,88,89)/b57-50-/t62-,64-,65-,69-/m1/s1. The van der Waals surface area contributed by atoms with Crippen molar-refractivity contribution in [1.29, 1.82) is 0 Å². The van der Waals surface area contributed by atoms with Gasteiger partial charge in [-0.05, 0) is 37.3 Å². The molecule has 3 fully saturated rings. The smallest absolute Gasteiger partial charge is 0.350 e. The van der Waals surface area contributed by atoms with Gasteiger partial charge in [-0.3, -0.25) is 9.36 Å². The number of nitrogens with two attached hydrogens (primary N) is 2. The van der Waals surface area contributed by atoms with Crippen molar-refractivity contribution in [2.45, 2.75) is 62.7 Å². The highest BCUT2D eigenvalue weighted by Crippen LogP contribution is 2.47. The Morgan fingerprint density at radius 2 is 0.930 bits per heavy atom. The molecule has 38 nitrogen and oxygen atoms in total. The number of anilines is 1. The summed E-state index contributed by atoms with van der Waals surface area (Å²) >= 11 is 6.39.